The molecule has 1 atom stereocenters. The van der Waals surface area contributed by atoms with Gasteiger partial charge in [0, 0.05) is 10.9 Å². The van der Waals surface area contributed by atoms with Crippen LogP contribution in [0, 0.1) is 5.92 Å². The zero-order chi connectivity index (χ0) is 30.0. The third-order valence-corrected chi connectivity index (χ3v) is 8.79. The van der Waals surface area contributed by atoms with E-state index in [2.05, 4.69) is 61.0 Å². The molecule has 1 aliphatic rings. The van der Waals surface area contributed by atoms with Gasteiger partial charge in [0.1, 0.15) is 6.04 Å². The third kappa shape index (κ3) is 6.48. The summed E-state index contributed by atoms with van der Waals surface area (Å²) >= 11 is 11.2. The second-order valence-corrected chi connectivity index (χ2v) is 12.4. The maximum Gasteiger partial charge on any atom is 0.328 e. The van der Waals surface area contributed by atoms with Gasteiger partial charge in [0.05, 0.1) is 29.3 Å². The van der Waals surface area contributed by atoms with Crippen molar-refractivity contribution in [3.63, 3.8) is 0 Å². The van der Waals surface area contributed by atoms with Crippen LogP contribution in [0.1, 0.15) is 48.5 Å². The van der Waals surface area contributed by atoms with E-state index >= 15 is 0 Å². The minimum absolute atomic E-state index is 0.0526. The van der Waals surface area contributed by atoms with Crippen LogP contribution < -0.4 is 10.6 Å². The molecule has 0 saturated heterocycles. The Labute approximate surface area is 260 Å². The lowest BCUT2D eigenvalue weighted by molar-refractivity contribution is -0.144. The molecule has 1 heterocycles. The molecular formula is C30H29BrClN5O4S. The molecule has 2 N–H and O–H groups in total. The number of anilines is 1. The lowest BCUT2D eigenvalue weighted by atomic mass is 9.99. The number of nitrogens with zero attached hydrogens (tertiary/aromatic N) is 3. The zero-order valence-corrected chi connectivity index (χ0v) is 26.3. The van der Waals surface area contributed by atoms with Crippen LogP contribution in [0.3, 0.4) is 0 Å². The Kier molecular flexibility index (Phi) is 9.19. The molecule has 3 aromatic carbocycles. The molecular weight excluding hydrogens is 642 g/mol. The first-order valence-electron chi connectivity index (χ1n) is 13.4. The monoisotopic (exact) mass is 669 g/mol. The molecule has 1 saturated carbocycles. The van der Waals surface area contributed by atoms with Crippen molar-refractivity contribution in [1.82, 2.24) is 20.1 Å². The number of amides is 2. The Hall–Kier alpha value is -3.41. The number of esters is 1. The van der Waals surface area contributed by atoms with E-state index in [9.17, 15) is 14.4 Å². The predicted molar refractivity (Wildman–Crippen MR) is 167 cm³/mol. The van der Waals surface area contributed by atoms with Crippen LogP contribution >= 0.6 is 39.3 Å². The molecule has 42 heavy (non-hydrogen) atoms. The summed E-state index contributed by atoms with van der Waals surface area (Å²) in [5.41, 5.74) is 2.89. The zero-order valence-electron chi connectivity index (χ0n) is 23.2. The highest BCUT2D eigenvalue weighted by atomic mass is 79.9. The molecule has 0 aliphatic heterocycles. The van der Waals surface area contributed by atoms with Gasteiger partial charge in [0.15, 0.2) is 5.16 Å². The number of ether oxygens (including phenoxy) is 1. The number of hydrogen-bond acceptors (Lipinski definition) is 7. The van der Waals surface area contributed by atoms with Crippen LogP contribution in [-0.2, 0) is 14.3 Å². The van der Waals surface area contributed by atoms with E-state index in [-0.39, 0.29) is 28.2 Å². The number of carbonyl (C=O) groups excluding carboxylic acids is 3. The maximum absolute atomic E-state index is 12.9. The second kappa shape index (κ2) is 12.8. The predicted octanol–water partition coefficient (Wildman–Crippen LogP) is 6.37. The number of rotatable bonds is 10. The molecule has 4 aromatic rings. The molecule has 1 fully saturated rings. The topological polar surface area (TPSA) is 115 Å². The number of carbonyl (C=O) groups is 3. The second-order valence-electron chi connectivity index (χ2n) is 10.3. The van der Waals surface area contributed by atoms with Gasteiger partial charge in [-0.15, -0.1) is 10.2 Å². The van der Waals surface area contributed by atoms with Gasteiger partial charge in [-0.05, 0) is 75.8 Å². The first-order valence-corrected chi connectivity index (χ1v) is 15.6. The van der Waals surface area contributed by atoms with E-state index in [1.165, 1.54) is 54.8 Å². The number of benzene rings is 3. The molecule has 0 radical (unpaired) electrons. The molecule has 0 spiro atoms. The van der Waals surface area contributed by atoms with Crippen molar-refractivity contribution in [2.45, 2.75) is 43.8 Å². The van der Waals surface area contributed by atoms with E-state index in [0.29, 0.717) is 21.5 Å². The molecule has 12 heteroatoms. The Morgan fingerprint density at radius 1 is 1.10 bits per heavy atom. The number of methoxy groups -OCH3 is 1. The van der Waals surface area contributed by atoms with Gasteiger partial charge in [0.25, 0.3) is 5.91 Å². The third-order valence-electron chi connectivity index (χ3n) is 7.03. The maximum atomic E-state index is 12.9. The highest BCUT2D eigenvalue weighted by Gasteiger charge is 2.27. The SMILES string of the molecule is COC(=O)[C@@H](NC(=O)c1ccc(NC(=O)CSc2nnc(Br)n2-c2ccc(C3CC3)c3ccccc23)c(Cl)c1)C(C)C. The molecule has 9 nitrogen and oxygen atoms in total. The van der Waals surface area contributed by atoms with Gasteiger partial charge in [-0.25, -0.2) is 4.79 Å². The number of fused-ring (bicyclic) bond motifs is 1. The highest BCUT2D eigenvalue weighted by Crippen LogP contribution is 2.44. The van der Waals surface area contributed by atoms with E-state index in [0.717, 1.165) is 11.1 Å². The van der Waals surface area contributed by atoms with Crippen molar-refractivity contribution in [2.24, 2.45) is 5.92 Å². The van der Waals surface area contributed by atoms with Gasteiger partial charge < -0.3 is 15.4 Å². The Morgan fingerprint density at radius 3 is 2.50 bits per heavy atom. The van der Waals surface area contributed by atoms with Crippen LogP contribution in [0.25, 0.3) is 16.5 Å². The quantitative estimate of drug-likeness (QED) is 0.149. The minimum atomic E-state index is -0.797. The fourth-order valence-corrected chi connectivity index (χ4v) is 6.25. The van der Waals surface area contributed by atoms with E-state index < -0.39 is 17.9 Å². The van der Waals surface area contributed by atoms with Crippen LogP contribution in [-0.4, -0.2) is 51.5 Å². The van der Waals surface area contributed by atoms with Crippen LogP contribution in [0.15, 0.2) is 64.5 Å². The molecule has 5 rings (SSSR count). The summed E-state index contributed by atoms with van der Waals surface area (Å²) in [6, 6.07) is 16.3. The number of halogens is 2. The Bertz CT molecular complexity index is 1670. The van der Waals surface area contributed by atoms with Crippen LogP contribution in [0.2, 0.25) is 5.02 Å². The highest BCUT2D eigenvalue weighted by molar-refractivity contribution is 9.10. The van der Waals surface area contributed by atoms with Crippen LogP contribution in [0.5, 0.6) is 0 Å². The van der Waals surface area contributed by atoms with Crippen molar-refractivity contribution >= 4 is 73.5 Å². The van der Waals surface area contributed by atoms with Crippen molar-refractivity contribution < 1.29 is 19.1 Å². The van der Waals surface area contributed by atoms with Crippen LogP contribution in [0.4, 0.5) is 5.69 Å². The summed E-state index contributed by atoms with van der Waals surface area (Å²) in [6.45, 7) is 3.61. The number of hydrogen-bond donors (Lipinski definition) is 2. The summed E-state index contributed by atoms with van der Waals surface area (Å²) < 4.78 is 7.22. The van der Waals surface area contributed by atoms with Gasteiger partial charge >= 0.3 is 5.97 Å². The first kappa shape index (κ1) is 30.1. The van der Waals surface area contributed by atoms with E-state index in [4.69, 9.17) is 16.3 Å². The fraction of sp³-hybridized carbons (Fsp3) is 0.300. The molecule has 0 bridgehead atoms. The summed E-state index contributed by atoms with van der Waals surface area (Å²) in [5.74, 6) is -0.812. The van der Waals surface area contributed by atoms with Crippen molar-refractivity contribution in [3.05, 3.63) is 75.5 Å². The van der Waals surface area contributed by atoms with Crippen molar-refractivity contribution in [3.8, 4) is 5.69 Å². The van der Waals surface area contributed by atoms with E-state index in [1.807, 2.05) is 16.7 Å². The normalized spacial score (nSPS) is 13.7. The smallest absolute Gasteiger partial charge is 0.328 e. The molecule has 218 valence electrons. The summed E-state index contributed by atoms with van der Waals surface area (Å²) in [4.78, 5) is 37.6. The standard InChI is InChI=1S/C30H29BrClN5O4S/c1-16(2)26(28(40)41-3)34-27(39)18-10-12-23(22(32)14-18)33-25(38)15-42-30-36-35-29(31)37(30)24-13-11-19(17-8-9-17)20-6-4-5-7-21(20)24/h4-7,10-14,16-17,26H,8-9,15H2,1-3H3,(H,33,38)(H,34,39)/t26-/m0/s1. The molecule has 2 amide bonds. The summed E-state index contributed by atoms with van der Waals surface area (Å²) in [6.07, 6.45) is 2.42. The number of aromatic nitrogens is 3. The van der Waals surface area contributed by atoms with Crippen molar-refractivity contribution in [2.75, 3.05) is 18.2 Å². The van der Waals surface area contributed by atoms with Crippen molar-refractivity contribution in [1.29, 1.82) is 0 Å². The van der Waals surface area contributed by atoms with Gasteiger partial charge in [0.2, 0.25) is 10.6 Å². The Balaban J connectivity index is 1.27. The number of nitrogens with one attached hydrogen (secondary N) is 2. The molecule has 0 unspecified atom stereocenters. The summed E-state index contributed by atoms with van der Waals surface area (Å²) in [7, 11) is 1.27. The molecule has 1 aliphatic carbocycles. The fourth-order valence-electron chi connectivity index (χ4n) is 4.72. The van der Waals surface area contributed by atoms with Gasteiger partial charge in [-0.1, -0.05) is 67.5 Å². The largest absolute Gasteiger partial charge is 0.467 e. The first-order chi connectivity index (χ1) is 20.2. The average Bonchev–Trinajstić information content (AvgIpc) is 3.76. The lowest BCUT2D eigenvalue weighted by Gasteiger charge is -2.20. The van der Waals surface area contributed by atoms with E-state index in [1.54, 1.807) is 19.9 Å². The number of thioether (sulfide) groups is 1. The lowest BCUT2D eigenvalue weighted by Crippen LogP contribution is -2.45. The molecule has 1 aromatic heterocycles. The summed E-state index contributed by atoms with van der Waals surface area (Å²) in [5, 5.41) is 17.0. The van der Waals surface area contributed by atoms with Gasteiger partial charge in [-0.3, -0.25) is 14.2 Å². The Morgan fingerprint density at radius 2 is 1.83 bits per heavy atom. The average molecular weight is 671 g/mol. The minimum Gasteiger partial charge on any atom is -0.467 e. The van der Waals surface area contributed by atoms with Gasteiger partial charge in [-0.2, -0.15) is 0 Å².